The number of halogens is 1. The van der Waals surface area contributed by atoms with Gasteiger partial charge in [0.2, 0.25) is 5.91 Å². The number of carbonyl (C=O) groups excluding carboxylic acids is 1. The lowest BCUT2D eigenvalue weighted by Crippen LogP contribution is -2.51. The van der Waals surface area contributed by atoms with Gasteiger partial charge in [0, 0.05) is 13.1 Å². The van der Waals surface area contributed by atoms with E-state index in [4.69, 9.17) is 10.3 Å². The van der Waals surface area contributed by atoms with Crippen molar-refractivity contribution < 1.29 is 9.32 Å². The molecule has 6 heteroatoms. The fourth-order valence-electron chi connectivity index (χ4n) is 1.87. The summed E-state index contributed by atoms with van der Waals surface area (Å²) in [5, 5.41) is 3.86. The summed E-state index contributed by atoms with van der Waals surface area (Å²) < 4.78 is 4.96. The second-order valence-corrected chi connectivity index (χ2v) is 4.76. The monoisotopic (exact) mass is 275 g/mol. The fraction of sp³-hybridized carbons (Fsp3) is 0.667. The highest BCUT2D eigenvalue weighted by Gasteiger charge is 2.30. The Morgan fingerprint density at radius 3 is 2.67 bits per heavy atom. The molecule has 0 aliphatic carbocycles. The smallest absolute Gasteiger partial charge is 0.242 e. The van der Waals surface area contributed by atoms with Crippen LogP contribution in [0.15, 0.2) is 10.6 Å². The van der Waals surface area contributed by atoms with Gasteiger partial charge in [-0.05, 0) is 20.3 Å². The van der Waals surface area contributed by atoms with Gasteiger partial charge in [-0.15, -0.1) is 12.4 Å². The van der Waals surface area contributed by atoms with Crippen LogP contribution in [0.1, 0.15) is 38.1 Å². The first-order valence-electron chi connectivity index (χ1n) is 5.83. The molecule has 104 valence electrons. The summed E-state index contributed by atoms with van der Waals surface area (Å²) in [6, 6.07) is 1.82. The summed E-state index contributed by atoms with van der Waals surface area (Å²) in [6.07, 6.45) is 1.56. The lowest BCUT2D eigenvalue weighted by molar-refractivity contribution is -0.135. The predicted molar refractivity (Wildman–Crippen MR) is 72.5 cm³/mol. The van der Waals surface area contributed by atoms with Gasteiger partial charge < -0.3 is 15.2 Å². The first-order chi connectivity index (χ1) is 7.86. The Morgan fingerprint density at radius 1 is 1.61 bits per heavy atom. The number of nitrogens with two attached hydrogens (primary N) is 1. The topological polar surface area (TPSA) is 72.4 Å². The van der Waals surface area contributed by atoms with Crippen molar-refractivity contribution in [2.75, 3.05) is 7.05 Å². The summed E-state index contributed by atoms with van der Waals surface area (Å²) in [6.45, 7) is 6.03. The standard InChI is InChI=1S/C12H21N3O2.ClH/c1-5-6-12(3,13)11(16)15(4)8-10-7-9(2)17-14-10;/h7H,5-6,8,13H2,1-4H3;1H. The normalized spacial score (nSPS) is 13.6. The van der Waals surface area contributed by atoms with Crippen LogP contribution in [-0.2, 0) is 11.3 Å². The third-order valence-electron chi connectivity index (χ3n) is 2.68. The maximum atomic E-state index is 12.1. The lowest BCUT2D eigenvalue weighted by atomic mass is 9.96. The molecule has 0 aliphatic heterocycles. The summed E-state index contributed by atoms with van der Waals surface area (Å²) in [7, 11) is 1.73. The molecule has 5 nitrogen and oxygen atoms in total. The molecule has 0 radical (unpaired) electrons. The Morgan fingerprint density at radius 2 is 2.22 bits per heavy atom. The van der Waals surface area contributed by atoms with Crippen molar-refractivity contribution in [2.24, 2.45) is 5.73 Å². The number of hydrogen-bond acceptors (Lipinski definition) is 4. The van der Waals surface area contributed by atoms with Crippen molar-refractivity contribution in [1.29, 1.82) is 0 Å². The second kappa shape index (κ2) is 6.75. The molecule has 1 amide bonds. The Balaban J connectivity index is 0.00000289. The van der Waals surface area contributed by atoms with Gasteiger partial charge in [0.25, 0.3) is 0 Å². The molecule has 0 saturated carbocycles. The Hall–Kier alpha value is -1.07. The zero-order valence-corrected chi connectivity index (χ0v) is 12.2. The highest BCUT2D eigenvalue weighted by Crippen LogP contribution is 2.14. The van der Waals surface area contributed by atoms with Crippen LogP contribution < -0.4 is 5.73 Å². The molecule has 1 aromatic rings. The van der Waals surface area contributed by atoms with Crippen molar-refractivity contribution in [2.45, 2.75) is 45.7 Å². The largest absolute Gasteiger partial charge is 0.361 e. The van der Waals surface area contributed by atoms with E-state index in [1.165, 1.54) is 0 Å². The number of rotatable bonds is 5. The summed E-state index contributed by atoms with van der Waals surface area (Å²) >= 11 is 0. The first kappa shape index (κ1) is 16.9. The minimum absolute atomic E-state index is 0. The molecule has 1 aromatic heterocycles. The van der Waals surface area contributed by atoms with Crippen LogP contribution in [0.2, 0.25) is 0 Å². The van der Waals surface area contributed by atoms with Gasteiger partial charge in [0.05, 0.1) is 12.1 Å². The number of carbonyl (C=O) groups is 1. The molecule has 1 unspecified atom stereocenters. The van der Waals surface area contributed by atoms with Crippen molar-refractivity contribution in [1.82, 2.24) is 10.1 Å². The van der Waals surface area contributed by atoms with Crippen molar-refractivity contribution in [3.8, 4) is 0 Å². The van der Waals surface area contributed by atoms with E-state index in [9.17, 15) is 4.79 Å². The van der Waals surface area contributed by atoms with E-state index in [1.54, 1.807) is 18.9 Å². The molecule has 0 aliphatic rings. The molecule has 1 heterocycles. The van der Waals surface area contributed by atoms with Gasteiger partial charge in [-0.1, -0.05) is 18.5 Å². The summed E-state index contributed by atoms with van der Waals surface area (Å²) in [5.41, 5.74) is 5.93. The molecule has 0 fully saturated rings. The van der Waals surface area contributed by atoms with Crippen LogP contribution in [0.5, 0.6) is 0 Å². The number of amides is 1. The zero-order valence-electron chi connectivity index (χ0n) is 11.4. The van der Waals surface area contributed by atoms with Crippen LogP contribution in [0.3, 0.4) is 0 Å². The van der Waals surface area contributed by atoms with Crippen LogP contribution in [0.25, 0.3) is 0 Å². The third-order valence-corrected chi connectivity index (χ3v) is 2.68. The van der Waals surface area contributed by atoms with E-state index < -0.39 is 5.54 Å². The molecular weight excluding hydrogens is 254 g/mol. The third kappa shape index (κ3) is 4.31. The highest BCUT2D eigenvalue weighted by molar-refractivity contribution is 5.85. The summed E-state index contributed by atoms with van der Waals surface area (Å²) in [4.78, 5) is 13.7. The molecule has 0 saturated heterocycles. The van der Waals surface area contributed by atoms with Crippen LogP contribution in [-0.4, -0.2) is 28.6 Å². The van der Waals surface area contributed by atoms with Crippen molar-refractivity contribution in [3.63, 3.8) is 0 Å². The van der Waals surface area contributed by atoms with Gasteiger partial charge in [-0.25, -0.2) is 0 Å². The number of nitrogens with zero attached hydrogens (tertiary/aromatic N) is 2. The number of aryl methyl sites for hydroxylation is 1. The van der Waals surface area contributed by atoms with Gasteiger partial charge in [0.15, 0.2) is 0 Å². The molecule has 2 N–H and O–H groups in total. The molecule has 1 rings (SSSR count). The number of likely N-dealkylation sites (N-methyl/N-ethyl adjacent to an activating group) is 1. The Bertz CT molecular complexity index is 390. The van der Waals surface area contributed by atoms with Crippen LogP contribution in [0.4, 0.5) is 0 Å². The molecule has 1 atom stereocenters. The minimum atomic E-state index is -0.803. The van der Waals surface area contributed by atoms with E-state index in [1.807, 2.05) is 19.9 Å². The fourth-order valence-corrected chi connectivity index (χ4v) is 1.87. The molecular formula is C12H22ClN3O2. The van der Waals surface area contributed by atoms with Gasteiger partial charge in [-0.2, -0.15) is 0 Å². The molecule has 0 aromatic carbocycles. The van der Waals surface area contributed by atoms with E-state index in [-0.39, 0.29) is 18.3 Å². The molecule has 0 spiro atoms. The van der Waals surface area contributed by atoms with Crippen molar-refractivity contribution >= 4 is 18.3 Å². The van der Waals surface area contributed by atoms with Crippen molar-refractivity contribution in [3.05, 3.63) is 17.5 Å². The number of aromatic nitrogens is 1. The Labute approximate surface area is 114 Å². The van der Waals surface area contributed by atoms with Gasteiger partial charge in [0.1, 0.15) is 11.5 Å². The molecule has 18 heavy (non-hydrogen) atoms. The number of hydrogen-bond donors (Lipinski definition) is 1. The van der Waals surface area contributed by atoms with Crippen LogP contribution >= 0.6 is 12.4 Å². The van der Waals surface area contributed by atoms with Crippen LogP contribution in [0, 0.1) is 6.92 Å². The first-order valence-corrected chi connectivity index (χ1v) is 5.83. The predicted octanol–water partition coefficient (Wildman–Crippen LogP) is 1.88. The zero-order chi connectivity index (χ0) is 13.1. The average molecular weight is 276 g/mol. The van der Waals surface area contributed by atoms with E-state index in [0.717, 1.165) is 17.9 Å². The lowest BCUT2D eigenvalue weighted by Gasteiger charge is -2.28. The quantitative estimate of drug-likeness (QED) is 0.891. The highest BCUT2D eigenvalue weighted by atomic mass is 35.5. The second-order valence-electron chi connectivity index (χ2n) is 4.76. The van der Waals surface area contributed by atoms with E-state index in [0.29, 0.717) is 13.0 Å². The van der Waals surface area contributed by atoms with Gasteiger partial charge >= 0.3 is 0 Å². The van der Waals surface area contributed by atoms with Gasteiger partial charge in [-0.3, -0.25) is 4.79 Å². The van der Waals surface area contributed by atoms with E-state index in [2.05, 4.69) is 5.16 Å². The average Bonchev–Trinajstić information content (AvgIpc) is 2.62. The summed E-state index contributed by atoms with van der Waals surface area (Å²) in [5.74, 6) is 0.671. The maximum Gasteiger partial charge on any atom is 0.242 e. The molecule has 0 bridgehead atoms. The SMILES string of the molecule is CCCC(C)(N)C(=O)N(C)Cc1cc(C)on1.Cl. The van der Waals surface area contributed by atoms with E-state index >= 15 is 0 Å². The maximum absolute atomic E-state index is 12.1. The Kier molecular flexibility index (Phi) is 6.35. The minimum Gasteiger partial charge on any atom is -0.361 e.